The molecule has 1 aromatic heterocycles. The van der Waals surface area contributed by atoms with Gasteiger partial charge in [0, 0.05) is 24.7 Å². The maximum atomic E-state index is 10.1. The number of ether oxygens (including phenoxy) is 1. The van der Waals surface area contributed by atoms with Crippen LogP contribution in [-0.2, 0) is 13.0 Å². The largest absolute Gasteiger partial charge is 0.495 e. The lowest BCUT2D eigenvalue weighted by molar-refractivity contribution is 0.282. The number of benzene rings is 2. The minimum absolute atomic E-state index is 0.109. The molecule has 6 nitrogen and oxygen atoms in total. The van der Waals surface area contributed by atoms with E-state index in [9.17, 15) is 5.11 Å². The number of thiazole rings is 1. The van der Waals surface area contributed by atoms with Crippen LogP contribution in [0.3, 0.4) is 0 Å². The van der Waals surface area contributed by atoms with E-state index in [2.05, 4.69) is 59.1 Å². The van der Waals surface area contributed by atoms with Gasteiger partial charge in [0.1, 0.15) is 5.75 Å². The van der Waals surface area contributed by atoms with Gasteiger partial charge in [0.05, 0.1) is 35.3 Å². The van der Waals surface area contributed by atoms with Crippen LogP contribution in [0.5, 0.6) is 5.75 Å². The quantitative estimate of drug-likeness (QED) is 0.129. The van der Waals surface area contributed by atoms with E-state index in [0.29, 0.717) is 10.8 Å². The predicted molar refractivity (Wildman–Crippen MR) is 162 cm³/mol. The van der Waals surface area contributed by atoms with Crippen molar-refractivity contribution in [1.29, 1.82) is 0 Å². The monoisotopic (exact) mass is 538 g/mol. The Bertz CT molecular complexity index is 1140. The molecule has 0 radical (unpaired) electrons. The van der Waals surface area contributed by atoms with E-state index < -0.39 is 0 Å². The molecule has 0 bridgehead atoms. The van der Waals surface area contributed by atoms with Crippen molar-refractivity contribution in [2.24, 2.45) is 10.2 Å². The smallest absolute Gasteiger partial charge is 0.231 e. The van der Waals surface area contributed by atoms with E-state index in [1.54, 1.807) is 18.4 Å². The van der Waals surface area contributed by atoms with Crippen LogP contribution in [0, 0.1) is 0 Å². The van der Waals surface area contributed by atoms with Crippen LogP contribution in [-0.4, -0.2) is 30.3 Å². The lowest BCUT2D eigenvalue weighted by Gasteiger charge is -2.27. The number of methoxy groups -OCH3 is 1. The Morgan fingerprint density at radius 2 is 1.58 bits per heavy atom. The first-order valence-corrected chi connectivity index (χ1v) is 15.3. The number of anilines is 1. The van der Waals surface area contributed by atoms with Crippen molar-refractivity contribution in [3.05, 3.63) is 41.5 Å². The molecule has 0 unspecified atom stereocenters. The third-order valence-electron chi connectivity index (χ3n) is 6.96. The molecule has 0 aliphatic rings. The summed E-state index contributed by atoms with van der Waals surface area (Å²) >= 11 is 1.56. The summed E-state index contributed by atoms with van der Waals surface area (Å²) in [5.41, 5.74) is 4.68. The molecule has 0 saturated heterocycles. The van der Waals surface area contributed by atoms with Crippen LogP contribution >= 0.6 is 11.3 Å². The molecule has 3 rings (SSSR count). The van der Waals surface area contributed by atoms with Crippen LogP contribution < -0.4 is 9.64 Å². The zero-order valence-electron chi connectivity index (χ0n) is 23.8. The number of nitrogens with zero attached hydrogens (tertiary/aromatic N) is 4. The first kappa shape index (κ1) is 30.0. The van der Waals surface area contributed by atoms with Gasteiger partial charge in [-0.3, -0.25) is 0 Å². The first-order valence-electron chi connectivity index (χ1n) is 14.5. The Morgan fingerprint density at radius 1 is 0.868 bits per heavy atom. The van der Waals surface area contributed by atoms with Gasteiger partial charge in [-0.25, -0.2) is 4.98 Å². The van der Waals surface area contributed by atoms with E-state index in [1.807, 2.05) is 12.1 Å². The third-order valence-corrected chi connectivity index (χ3v) is 7.86. The van der Waals surface area contributed by atoms with E-state index in [1.165, 1.54) is 44.1 Å². The number of aliphatic hydroxyl groups is 1. The zero-order chi connectivity index (χ0) is 27.2. The zero-order valence-corrected chi connectivity index (χ0v) is 24.7. The number of aliphatic hydroxyl groups excluding tert-OH is 1. The number of hydrogen-bond acceptors (Lipinski definition) is 7. The highest BCUT2D eigenvalue weighted by Crippen LogP contribution is 2.38. The van der Waals surface area contributed by atoms with Crippen molar-refractivity contribution in [3.8, 4) is 5.75 Å². The van der Waals surface area contributed by atoms with Crippen LogP contribution in [0.25, 0.3) is 10.2 Å². The van der Waals surface area contributed by atoms with Crippen LogP contribution in [0.4, 0.5) is 16.5 Å². The minimum atomic E-state index is -0.109. The summed E-state index contributed by atoms with van der Waals surface area (Å²) in [4.78, 5) is 7.03. The first-order chi connectivity index (χ1) is 18.6. The van der Waals surface area contributed by atoms with Gasteiger partial charge in [0.2, 0.25) is 5.13 Å². The molecule has 0 aliphatic heterocycles. The van der Waals surface area contributed by atoms with Gasteiger partial charge in [-0.2, -0.15) is 0 Å². The molecule has 0 saturated carbocycles. The molecule has 3 aromatic rings. The molecule has 0 amide bonds. The fourth-order valence-corrected chi connectivity index (χ4v) is 5.49. The average molecular weight is 539 g/mol. The molecule has 2 aromatic carbocycles. The fourth-order valence-electron chi connectivity index (χ4n) is 4.64. The second-order valence-corrected chi connectivity index (χ2v) is 11.0. The molecule has 1 heterocycles. The number of hydrogen-bond donors (Lipinski definition) is 1. The summed E-state index contributed by atoms with van der Waals surface area (Å²) in [7, 11) is 1.69. The van der Waals surface area contributed by atoms with Gasteiger partial charge >= 0.3 is 0 Å². The van der Waals surface area contributed by atoms with Crippen molar-refractivity contribution in [1.82, 2.24) is 4.98 Å². The summed E-state index contributed by atoms with van der Waals surface area (Å²) in [5, 5.41) is 19.7. The molecule has 208 valence electrons. The van der Waals surface area contributed by atoms with Crippen LogP contribution in [0.2, 0.25) is 0 Å². The van der Waals surface area contributed by atoms with Crippen molar-refractivity contribution >= 4 is 38.1 Å². The Labute approximate surface area is 233 Å². The van der Waals surface area contributed by atoms with Gasteiger partial charge in [0.25, 0.3) is 0 Å². The fraction of sp³-hybridized carbons (Fsp3) is 0.581. The highest BCUT2D eigenvalue weighted by molar-refractivity contribution is 7.21. The topological polar surface area (TPSA) is 70.3 Å². The van der Waals surface area contributed by atoms with Gasteiger partial charge in [0.15, 0.2) is 0 Å². The highest BCUT2D eigenvalue weighted by Gasteiger charge is 2.16. The summed E-state index contributed by atoms with van der Waals surface area (Å²) in [6, 6.07) is 10.4. The Balaban J connectivity index is 1.75. The number of unbranched alkanes of at least 4 members (excludes halogenated alkanes) is 7. The highest BCUT2D eigenvalue weighted by atomic mass is 32.1. The predicted octanol–water partition coefficient (Wildman–Crippen LogP) is 9.52. The summed E-state index contributed by atoms with van der Waals surface area (Å²) < 4.78 is 6.90. The Morgan fingerprint density at radius 3 is 2.26 bits per heavy atom. The van der Waals surface area contributed by atoms with E-state index in [0.717, 1.165) is 72.4 Å². The second-order valence-electron chi connectivity index (χ2n) is 10.0. The standard InChI is InChI=1S/C31H46N4O2S/c1-5-8-11-12-13-14-15-24-16-17-26-30(20-24)38-31(32-26)34-33-27-22-29(37-4)28(21-25(27)23-36)35(18-9-6-2)19-10-7-3/h16-17,20-22,36H,5-15,18-19,23H2,1-4H3. The van der Waals surface area contributed by atoms with Crippen LogP contribution in [0.15, 0.2) is 40.6 Å². The summed E-state index contributed by atoms with van der Waals surface area (Å²) in [5.74, 6) is 0.756. The average Bonchev–Trinajstić information content (AvgIpc) is 3.35. The normalized spacial score (nSPS) is 11.6. The molecule has 0 aliphatic carbocycles. The number of aromatic nitrogens is 1. The molecular weight excluding hydrogens is 492 g/mol. The molecule has 7 heteroatoms. The number of aryl methyl sites for hydroxylation is 1. The summed E-state index contributed by atoms with van der Waals surface area (Å²) in [6.45, 7) is 8.48. The lowest BCUT2D eigenvalue weighted by Crippen LogP contribution is -2.26. The SMILES string of the molecule is CCCCCCCCc1ccc2nc(N=Nc3cc(OC)c(N(CCCC)CCCC)cc3CO)sc2c1. The van der Waals surface area contributed by atoms with E-state index in [-0.39, 0.29) is 6.61 Å². The molecular formula is C31H46N4O2S. The molecule has 38 heavy (non-hydrogen) atoms. The van der Waals surface area contributed by atoms with Crippen molar-refractivity contribution in [2.45, 2.75) is 98.0 Å². The van der Waals surface area contributed by atoms with Gasteiger partial charge in [-0.1, -0.05) is 83.1 Å². The maximum Gasteiger partial charge on any atom is 0.231 e. The molecule has 1 N–H and O–H groups in total. The van der Waals surface area contributed by atoms with Crippen molar-refractivity contribution in [3.63, 3.8) is 0 Å². The van der Waals surface area contributed by atoms with Crippen molar-refractivity contribution in [2.75, 3.05) is 25.1 Å². The Hall–Kier alpha value is -2.51. The number of azo groups is 1. The number of fused-ring (bicyclic) bond motifs is 1. The Kier molecular flexibility index (Phi) is 13.0. The maximum absolute atomic E-state index is 10.1. The van der Waals surface area contributed by atoms with Crippen molar-refractivity contribution < 1.29 is 9.84 Å². The minimum Gasteiger partial charge on any atom is -0.495 e. The third kappa shape index (κ3) is 8.77. The van der Waals surface area contributed by atoms with Gasteiger partial charge < -0.3 is 14.7 Å². The molecule has 0 fully saturated rings. The lowest BCUT2D eigenvalue weighted by atomic mass is 10.0. The number of rotatable bonds is 18. The summed E-state index contributed by atoms with van der Waals surface area (Å²) in [6.07, 6.45) is 13.4. The van der Waals surface area contributed by atoms with Gasteiger partial charge in [-0.15, -0.1) is 10.2 Å². The molecule has 0 spiro atoms. The second kappa shape index (κ2) is 16.5. The van der Waals surface area contributed by atoms with Crippen LogP contribution in [0.1, 0.15) is 96.1 Å². The van der Waals surface area contributed by atoms with Gasteiger partial charge in [-0.05, 0) is 49.4 Å². The molecule has 0 atom stereocenters. The van der Waals surface area contributed by atoms with E-state index in [4.69, 9.17) is 4.74 Å². The van der Waals surface area contributed by atoms with E-state index >= 15 is 0 Å².